The first kappa shape index (κ1) is 20.4. The predicted molar refractivity (Wildman–Crippen MR) is 97.4 cm³/mol. The summed E-state index contributed by atoms with van der Waals surface area (Å²) in [6.45, 7) is 12.0. The zero-order valence-electron chi connectivity index (χ0n) is 15.3. The number of hydrogen-bond donors (Lipinski definition) is 1. The Balaban J connectivity index is 0.00000102. The molecule has 3 nitrogen and oxygen atoms in total. The van der Waals surface area contributed by atoms with E-state index in [-0.39, 0.29) is 5.91 Å². The van der Waals surface area contributed by atoms with Crippen LogP contribution in [0.25, 0.3) is 5.57 Å². The van der Waals surface area contributed by atoms with Gasteiger partial charge in [-0.05, 0) is 48.7 Å². The molecule has 0 fully saturated rings. The molecule has 0 aromatic heterocycles. The molecule has 22 heavy (non-hydrogen) atoms. The van der Waals surface area contributed by atoms with Crippen LogP contribution in [0, 0.1) is 6.92 Å². The van der Waals surface area contributed by atoms with Gasteiger partial charge in [0.25, 0.3) is 5.91 Å². The molecule has 3 heteroatoms. The fourth-order valence-electron chi connectivity index (χ4n) is 2.28. The Morgan fingerprint density at radius 1 is 1.14 bits per heavy atom. The number of rotatable bonds is 2. The van der Waals surface area contributed by atoms with Crippen molar-refractivity contribution >= 4 is 11.5 Å². The zero-order chi connectivity index (χ0) is 17.1. The minimum Gasteiger partial charge on any atom is -0.345 e. The number of hydrogen-bond acceptors (Lipinski definition) is 2. The molecule has 0 radical (unpaired) electrons. The van der Waals surface area contributed by atoms with Gasteiger partial charge >= 0.3 is 0 Å². The smallest absolute Gasteiger partial charge is 0.253 e. The molecule has 1 aromatic carbocycles. The number of aryl methyl sites for hydroxylation is 1. The van der Waals surface area contributed by atoms with Crippen molar-refractivity contribution in [2.24, 2.45) is 0 Å². The molecule has 1 heterocycles. The lowest BCUT2D eigenvalue weighted by Crippen LogP contribution is -2.22. The van der Waals surface area contributed by atoms with E-state index in [1.165, 1.54) is 16.7 Å². The third kappa shape index (κ3) is 5.64. The molecule has 0 atom stereocenters. The number of benzene rings is 1. The highest BCUT2D eigenvalue weighted by Gasteiger charge is 2.12. The molecule has 1 aliphatic rings. The third-order valence-electron chi connectivity index (χ3n) is 3.29. The molecule has 0 unspecified atom stereocenters. The first-order valence-electron chi connectivity index (χ1n) is 8.32. The summed E-state index contributed by atoms with van der Waals surface area (Å²) in [6, 6.07) is 5.98. The number of nitrogens with one attached hydrogen (secondary N) is 1. The summed E-state index contributed by atoms with van der Waals surface area (Å²) < 4.78 is 0. The van der Waals surface area contributed by atoms with Crippen LogP contribution in [0.5, 0.6) is 0 Å². The monoisotopic (exact) mass is 304 g/mol. The molecule has 1 N–H and O–H groups in total. The second-order valence-electron chi connectivity index (χ2n) is 4.91. The van der Waals surface area contributed by atoms with E-state index in [1.807, 2.05) is 39.8 Å². The van der Waals surface area contributed by atoms with Gasteiger partial charge in [-0.25, -0.2) is 0 Å². The molecule has 0 spiro atoms. The van der Waals surface area contributed by atoms with E-state index in [4.69, 9.17) is 0 Å². The molecule has 0 saturated heterocycles. The predicted octanol–water partition coefficient (Wildman–Crippen LogP) is 4.13. The highest BCUT2D eigenvalue weighted by molar-refractivity contribution is 5.94. The van der Waals surface area contributed by atoms with E-state index in [2.05, 4.69) is 24.4 Å². The van der Waals surface area contributed by atoms with E-state index in [0.717, 1.165) is 25.1 Å². The van der Waals surface area contributed by atoms with Gasteiger partial charge in [-0.3, -0.25) is 4.79 Å². The number of nitrogens with zero attached hydrogens (tertiary/aromatic N) is 1. The van der Waals surface area contributed by atoms with Crippen molar-refractivity contribution in [2.45, 2.75) is 41.0 Å². The zero-order valence-corrected chi connectivity index (χ0v) is 15.3. The van der Waals surface area contributed by atoms with Gasteiger partial charge in [0, 0.05) is 26.2 Å². The van der Waals surface area contributed by atoms with Crippen LogP contribution >= 0.6 is 0 Å². The number of amides is 1. The van der Waals surface area contributed by atoms with Crippen LogP contribution in [0.2, 0.25) is 0 Å². The Kier molecular flexibility index (Phi) is 10.2. The lowest BCUT2D eigenvalue weighted by atomic mass is 9.94. The largest absolute Gasteiger partial charge is 0.345 e. The molecule has 124 valence electrons. The summed E-state index contributed by atoms with van der Waals surface area (Å²) >= 11 is 0. The highest BCUT2D eigenvalue weighted by Crippen LogP contribution is 2.24. The fraction of sp³-hybridized carbons (Fsp3) is 0.526. The molecule has 0 aliphatic carbocycles. The van der Waals surface area contributed by atoms with E-state index in [1.54, 1.807) is 19.0 Å². The summed E-state index contributed by atoms with van der Waals surface area (Å²) in [7, 11) is 3.56. The molecule has 0 saturated carbocycles. The quantitative estimate of drug-likeness (QED) is 0.891. The Hall–Kier alpha value is -1.61. The summed E-state index contributed by atoms with van der Waals surface area (Å²) in [5, 5.41) is 3.31. The maximum Gasteiger partial charge on any atom is 0.253 e. The summed E-state index contributed by atoms with van der Waals surface area (Å²) in [5.41, 5.74) is 4.59. The normalized spacial score (nSPS) is 13.0. The van der Waals surface area contributed by atoms with Crippen molar-refractivity contribution in [3.8, 4) is 0 Å². The first-order valence-corrected chi connectivity index (χ1v) is 8.32. The minimum absolute atomic E-state index is 0.0592. The molecule has 1 aromatic rings. The topological polar surface area (TPSA) is 32.3 Å². The maximum atomic E-state index is 11.9. The van der Waals surface area contributed by atoms with Crippen LogP contribution in [0.3, 0.4) is 0 Å². The summed E-state index contributed by atoms with van der Waals surface area (Å²) in [5.74, 6) is 0.0592. The second kappa shape index (κ2) is 11.0. The van der Waals surface area contributed by atoms with Crippen LogP contribution < -0.4 is 5.32 Å². The van der Waals surface area contributed by atoms with Gasteiger partial charge in [-0.2, -0.15) is 0 Å². The van der Waals surface area contributed by atoms with Gasteiger partial charge in [-0.15, -0.1) is 0 Å². The van der Waals surface area contributed by atoms with Gasteiger partial charge in [-0.1, -0.05) is 39.8 Å². The van der Waals surface area contributed by atoms with E-state index < -0.39 is 0 Å². The Bertz CT molecular complexity index is 490. The molecule has 1 aliphatic heterocycles. The highest BCUT2D eigenvalue weighted by atomic mass is 16.2. The van der Waals surface area contributed by atoms with Crippen molar-refractivity contribution in [1.82, 2.24) is 10.2 Å². The summed E-state index contributed by atoms with van der Waals surface area (Å²) in [4.78, 5) is 13.5. The molecular weight excluding hydrogens is 272 g/mol. The lowest BCUT2D eigenvalue weighted by molar-refractivity contribution is 0.0827. The van der Waals surface area contributed by atoms with E-state index >= 15 is 0 Å². The summed E-state index contributed by atoms with van der Waals surface area (Å²) in [6.07, 6.45) is 3.29. The van der Waals surface area contributed by atoms with Crippen molar-refractivity contribution in [3.05, 3.63) is 41.0 Å². The first-order chi connectivity index (χ1) is 10.6. The van der Waals surface area contributed by atoms with Gasteiger partial charge in [0.2, 0.25) is 0 Å². The SMILES string of the molecule is CC.CC.Cc1cc(C(=O)N(C)C)ccc1C1=CCNCC1. The third-order valence-corrected chi connectivity index (χ3v) is 3.29. The van der Waals surface area contributed by atoms with Crippen LogP contribution in [-0.4, -0.2) is 38.0 Å². The van der Waals surface area contributed by atoms with Crippen LogP contribution in [0.4, 0.5) is 0 Å². The molecule has 2 rings (SSSR count). The van der Waals surface area contributed by atoms with Crippen LogP contribution in [0.1, 0.15) is 55.6 Å². The molecule has 0 bridgehead atoms. The molecular formula is C19H32N2O. The number of carbonyl (C=O) groups excluding carboxylic acids is 1. The van der Waals surface area contributed by atoms with Crippen LogP contribution in [-0.2, 0) is 0 Å². The Morgan fingerprint density at radius 3 is 2.23 bits per heavy atom. The van der Waals surface area contributed by atoms with Crippen molar-refractivity contribution in [2.75, 3.05) is 27.2 Å². The minimum atomic E-state index is 0.0592. The van der Waals surface area contributed by atoms with Gasteiger partial charge < -0.3 is 10.2 Å². The number of carbonyl (C=O) groups is 1. The van der Waals surface area contributed by atoms with E-state index in [0.29, 0.717) is 0 Å². The lowest BCUT2D eigenvalue weighted by Gasteiger charge is -2.17. The molecule has 1 amide bonds. The average molecular weight is 304 g/mol. The second-order valence-corrected chi connectivity index (χ2v) is 4.91. The van der Waals surface area contributed by atoms with E-state index in [9.17, 15) is 4.79 Å². The maximum absolute atomic E-state index is 11.9. The Labute approximate surface area is 136 Å². The standard InChI is InChI=1S/C15H20N2O.2C2H6/c1-11-10-13(15(18)17(2)3)4-5-14(11)12-6-8-16-9-7-12;2*1-2/h4-6,10,16H,7-9H2,1-3H3;2*1-2H3. The van der Waals surface area contributed by atoms with Crippen LogP contribution in [0.15, 0.2) is 24.3 Å². The van der Waals surface area contributed by atoms with Gasteiger partial charge in [0.15, 0.2) is 0 Å². The van der Waals surface area contributed by atoms with Crippen molar-refractivity contribution < 1.29 is 4.79 Å². The van der Waals surface area contributed by atoms with Crippen molar-refractivity contribution in [1.29, 1.82) is 0 Å². The van der Waals surface area contributed by atoms with Gasteiger partial charge in [0.1, 0.15) is 0 Å². The fourth-order valence-corrected chi connectivity index (χ4v) is 2.28. The van der Waals surface area contributed by atoms with Gasteiger partial charge in [0.05, 0.1) is 0 Å². The Morgan fingerprint density at radius 2 is 1.77 bits per heavy atom. The average Bonchev–Trinajstić information content (AvgIpc) is 2.58. The van der Waals surface area contributed by atoms with Crippen molar-refractivity contribution in [3.63, 3.8) is 0 Å².